The molecule has 30 heteroatoms. The zero-order valence-electron chi connectivity index (χ0n) is 66.4. The Kier molecular flexibility index (Phi) is 29.7. The number of hydrogen-bond donors (Lipinski definition) is 0. The minimum absolute atomic E-state index is 0. The summed E-state index contributed by atoms with van der Waals surface area (Å²) in [4.78, 5) is 58.0. The van der Waals surface area contributed by atoms with Crippen LogP contribution < -0.4 is 0 Å². The van der Waals surface area contributed by atoms with Crippen LogP contribution in [0.3, 0.4) is 0 Å². The van der Waals surface area contributed by atoms with Crippen LogP contribution in [0.2, 0.25) is 0 Å². The van der Waals surface area contributed by atoms with Crippen molar-refractivity contribution in [3.8, 4) is 79.3 Å². The molecule has 6 aromatic carbocycles. The second kappa shape index (κ2) is 38.6. The van der Waals surface area contributed by atoms with E-state index >= 15 is 0 Å². The number of pyridine rings is 3. The molecule has 19 rings (SSSR count). The van der Waals surface area contributed by atoms with Gasteiger partial charge in [-0.3, -0.25) is 44.9 Å². The second-order valence-corrected chi connectivity index (χ2v) is 31.5. The van der Waals surface area contributed by atoms with Crippen LogP contribution in [-0.4, -0.2) is 78.5 Å². The monoisotopic (exact) mass is 2510 g/mol. The molecule has 0 N–H and O–H groups in total. The van der Waals surface area contributed by atoms with Gasteiger partial charge in [-0.15, -0.1) is 68.5 Å². The number of thiazole rings is 3. The van der Waals surface area contributed by atoms with Crippen molar-refractivity contribution in [2.24, 2.45) is 0 Å². The molecule has 0 spiro atoms. The number of fused-ring (bicyclic) bond motifs is 6. The number of nitrogens with zero attached hydrogens (tertiary/aromatic N) is 17. The van der Waals surface area contributed by atoms with Gasteiger partial charge in [0.15, 0.2) is 17.5 Å². The van der Waals surface area contributed by atoms with E-state index in [2.05, 4.69) is 245 Å². The third kappa shape index (κ3) is 18.5. The third-order valence-electron chi connectivity index (χ3n) is 18.6. The number of aryl methyl sites for hydroxylation is 12. The van der Waals surface area contributed by atoms with Crippen LogP contribution in [0.1, 0.15) is 122 Å². The normalized spacial score (nSPS) is 10.9. The first kappa shape index (κ1) is 90.7. The van der Waals surface area contributed by atoms with Crippen LogP contribution in [0.25, 0.3) is 138 Å². The van der Waals surface area contributed by atoms with Crippen LogP contribution in [0, 0.1) is 131 Å². The number of oxazole rings is 4. The first-order chi connectivity index (χ1) is 54.5. The Hall–Kier alpha value is -9.64. The number of benzene rings is 6. The molecule has 609 valence electrons. The molecule has 0 aliphatic carbocycles. The van der Waals surface area contributed by atoms with Crippen LogP contribution in [-0.2, 0) is 101 Å². The molecule has 0 aliphatic rings. The minimum Gasteiger partial charge on any atom is -0.488 e. The summed E-state index contributed by atoms with van der Waals surface area (Å²) in [6, 6.07) is 43.4. The summed E-state index contributed by atoms with van der Waals surface area (Å²) < 4.78 is 43.4. The number of halogens is 1. The predicted octanol–water partition coefficient (Wildman–Crippen LogP) is 21.7. The second-order valence-electron chi connectivity index (χ2n) is 27.8. The van der Waals surface area contributed by atoms with Crippen molar-refractivity contribution >= 4 is 98.9 Å². The quantitative estimate of drug-likeness (QED) is 0.115. The fourth-order valence-corrected chi connectivity index (χ4v) is 16.4. The number of hydrogen-bond acceptors (Lipinski definition) is 21. The van der Waals surface area contributed by atoms with Gasteiger partial charge in [-0.25, -0.2) is 9.97 Å². The molecule has 13 aromatic heterocycles. The molecule has 118 heavy (non-hydrogen) atoms. The zero-order chi connectivity index (χ0) is 79.2. The van der Waals surface area contributed by atoms with Gasteiger partial charge in [0.2, 0.25) is 0 Å². The number of para-hydroxylation sites is 4. The Morgan fingerprint density at radius 1 is 0.508 bits per heavy atom. The first-order valence-corrected chi connectivity index (χ1v) is 38.7. The summed E-state index contributed by atoms with van der Waals surface area (Å²) in [5, 5.41) is 12.5. The van der Waals surface area contributed by atoms with E-state index in [0.717, 1.165) is 82.2 Å². The topological polar surface area (TPSA) is 259 Å². The van der Waals surface area contributed by atoms with E-state index in [4.69, 9.17) is 32.6 Å². The molecular weight excluding hydrogens is 2440 g/mol. The van der Waals surface area contributed by atoms with Gasteiger partial charge in [-0.2, -0.15) is 22.7 Å². The number of imidazole rings is 3. The molecule has 0 aliphatic heterocycles. The van der Waals surface area contributed by atoms with Gasteiger partial charge < -0.3 is 41.3 Å². The molecule has 21 nitrogen and oxygen atoms in total. The Balaban J connectivity index is 0.000000156. The van der Waals surface area contributed by atoms with Gasteiger partial charge in [-0.05, 0) is 166 Å². The number of nitriles is 1. The standard InChI is InChI=1S/C23H18N3S.C22H22FN4O.C20H16N5O.C13H11N2S2.C10H6N3O2.5Ir/c1-14-8-6-9-15(2)22(14)26-19-12-5-4-11-18(19)25-23(26)17-10-7-13-20-21(17)24-16(3)27-20;1-12(2)15-7-6-8-16(13(3)4)20(15)27-11-14(5)25-21(27)17-9-24-10-18-19(17)26-22(23)28-18;1-11-7-12(2)18(13(3)8-11)25-10-15(9-21)24-19(25)16-5-6-22-20-17(16)23-14(4)26-20;1-7-4-5-10(13-14-6-8(2)16-13)11-12(7)17-9(3)15-11;1-6-13-9-7(10-12-2-3-14-10)4-11-5-8(9)15-6;;;;;/h4-9,11-13H,1-3H3;6-8,10-13H,1-5H3;6-8,10H,1-4H3;4,6H,1-3H3;2-3,5H,1H3;;;;;/q5*-1;;;;;. The Morgan fingerprint density at radius 3 is 1.81 bits per heavy atom. The minimum atomic E-state index is -0.891. The van der Waals surface area contributed by atoms with E-state index < -0.39 is 6.14 Å². The van der Waals surface area contributed by atoms with Crippen molar-refractivity contribution in [1.82, 2.24) is 78.5 Å². The van der Waals surface area contributed by atoms with Gasteiger partial charge in [0.1, 0.15) is 17.7 Å². The maximum absolute atomic E-state index is 13.6. The number of rotatable bonds is 10. The largest absolute Gasteiger partial charge is 0.488 e. The van der Waals surface area contributed by atoms with Crippen molar-refractivity contribution < 1.29 is 123 Å². The fraction of sp³-hybridized carbons (Fsp3) is 0.205. The van der Waals surface area contributed by atoms with E-state index in [1.807, 2.05) is 55.9 Å². The van der Waals surface area contributed by atoms with Crippen molar-refractivity contribution in [3.63, 3.8) is 0 Å². The molecule has 0 amide bonds. The summed E-state index contributed by atoms with van der Waals surface area (Å²) in [5.41, 5.74) is 24.8. The summed E-state index contributed by atoms with van der Waals surface area (Å²) in [6.07, 6.45) is 18.1. The summed E-state index contributed by atoms with van der Waals surface area (Å²) in [6.45, 7) is 32.9. The summed E-state index contributed by atoms with van der Waals surface area (Å²) >= 11 is 5.14. The predicted molar refractivity (Wildman–Crippen MR) is 440 cm³/mol. The van der Waals surface area contributed by atoms with Gasteiger partial charge >= 0.3 is 6.14 Å². The Bertz CT molecular complexity index is 6770. The van der Waals surface area contributed by atoms with E-state index in [9.17, 15) is 9.65 Å². The van der Waals surface area contributed by atoms with Crippen molar-refractivity contribution in [1.29, 1.82) is 5.26 Å². The van der Waals surface area contributed by atoms with Gasteiger partial charge in [0, 0.05) is 199 Å². The first-order valence-electron chi connectivity index (χ1n) is 36.3. The molecule has 0 unspecified atom stereocenters. The molecule has 0 saturated heterocycles. The van der Waals surface area contributed by atoms with E-state index in [1.54, 1.807) is 72.6 Å². The van der Waals surface area contributed by atoms with E-state index in [1.165, 1.54) is 65.8 Å². The molecule has 5 radical (unpaired) electrons. The SMILES string of the molecule is Cc1cc(C)c(-n2cc(C#N)nc2-c2[c-]cnc3oc(C)nc23)c(C)c1.Cc1cn(-c2c(C(C)C)cccc2C(C)C)c(-c2[c-]ncc3oc(F)nc23)n1.Cc1cnc(-c2[c-]cc(C)c3sc(C)nc23)s1.Cc1nc2c(-c3nc4ccccc4n3-c3c(C)cccc3C)[c-]ccc2s1.Cc1nc2c(-c3ncco3)[c-]ncc2o1.[Ir].[Ir].[Ir].[Ir].[Ir]. The molecule has 0 atom stereocenters. The summed E-state index contributed by atoms with van der Waals surface area (Å²) in [7, 11) is 0. The maximum Gasteiger partial charge on any atom is 0.371 e. The van der Waals surface area contributed by atoms with Crippen LogP contribution in [0.15, 0.2) is 158 Å². The van der Waals surface area contributed by atoms with E-state index in [0.29, 0.717) is 91.4 Å². The molecule has 0 bridgehead atoms. The number of aromatic nitrogens is 16. The molecule has 19 aromatic rings. The molecule has 13 heterocycles. The smallest absolute Gasteiger partial charge is 0.371 e. The van der Waals surface area contributed by atoms with Gasteiger partial charge in [-0.1, -0.05) is 118 Å². The Labute approximate surface area is 759 Å². The third-order valence-corrected chi connectivity index (χ3v) is 21.6. The molecule has 0 saturated carbocycles. The average Bonchev–Trinajstić information content (AvgIpc) is 1.59. The summed E-state index contributed by atoms with van der Waals surface area (Å²) in [5.74, 6) is 4.31. The van der Waals surface area contributed by atoms with Crippen molar-refractivity contribution in [2.75, 3.05) is 0 Å². The van der Waals surface area contributed by atoms with Crippen LogP contribution >= 0.6 is 34.0 Å². The van der Waals surface area contributed by atoms with Crippen molar-refractivity contribution in [2.45, 2.75) is 123 Å². The van der Waals surface area contributed by atoms with Crippen LogP contribution in [0.5, 0.6) is 0 Å². The molecule has 0 fully saturated rings. The molecular formula is C88H73FIr5N17O4S3-5. The zero-order valence-corrected chi connectivity index (χ0v) is 80.9. The van der Waals surface area contributed by atoms with Gasteiger partial charge in [0.05, 0.1) is 56.3 Å². The van der Waals surface area contributed by atoms with E-state index in [-0.39, 0.29) is 106 Å². The Morgan fingerprint density at radius 2 is 1.14 bits per heavy atom. The maximum atomic E-state index is 13.6. The fourth-order valence-electron chi connectivity index (χ4n) is 13.9. The average molecular weight is 2510 g/mol. The van der Waals surface area contributed by atoms with Crippen molar-refractivity contribution in [3.05, 3.63) is 260 Å². The van der Waals surface area contributed by atoms with Gasteiger partial charge in [0.25, 0.3) is 0 Å². The van der Waals surface area contributed by atoms with Crippen LogP contribution in [0.4, 0.5) is 4.39 Å².